The van der Waals surface area contributed by atoms with E-state index in [0.29, 0.717) is 11.6 Å². The highest BCUT2D eigenvalue weighted by Crippen LogP contribution is 2.13. The summed E-state index contributed by atoms with van der Waals surface area (Å²) in [6.07, 6.45) is 1.50. The standard InChI is InChI=1S/C11H10ClN3O2/c12-8-3-1-7(2-4-8)5-15-6-9(13)10(14-15)11(16)17/h1-4,6H,5,13H2,(H,16,17). The van der Waals surface area contributed by atoms with Crippen LogP contribution < -0.4 is 5.73 Å². The van der Waals surface area contributed by atoms with E-state index in [1.54, 1.807) is 12.1 Å². The zero-order valence-electron chi connectivity index (χ0n) is 8.80. The summed E-state index contributed by atoms with van der Waals surface area (Å²) in [6.45, 7) is 0.453. The van der Waals surface area contributed by atoms with Crippen LogP contribution in [-0.4, -0.2) is 20.9 Å². The lowest BCUT2D eigenvalue weighted by Gasteiger charge is -2.01. The van der Waals surface area contributed by atoms with Crippen molar-refractivity contribution >= 4 is 23.3 Å². The van der Waals surface area contributed by atoms with E-state index in [1.807, 2.05) is 12.1 Å². The van der Waals surface area contributed by atoms with Gasteiger partial charge in [0.05, 0.1) is 12.2 Å². The first-order valence-corrected chi connectivity index (χ1v) is 5.24. The first-order chi connectivity index (χ1) is 8.06. The predicted octanol–water partition coefficient (Wildman–Crippen LogP) is 1.87. The second-order valence-corrected chi connectivity index (χ2v) is 4.00. The molecule has 0 aliphatic rings. The SMILES string of the molecule is Nc1cn(Cc2ccc(Cl)cc2)nc1C(=O)O. The number of benzene rings is 1. The molecule has 5 nitrogen and oxygen atoms in total. The van der Waals surface area contributed by atoms with Crippen molar-refractivity contribution in [2.75, 3.05) is 5.73 Å². The smallest absolute Gasteiger partial charge is 0.358 e. The molecule has 0 fully saturated rings. The van der Waals surface area contributed by atoms with Crippen molar-refractivity contribution in [1.82, 2.24) is 9.78 Å². The van der Waals surface area contributed by atoms with Crippen LogP contribution in [0.3, 0.4) is 0 Å². The van der Waals surface area contributed by atoms with Crippen LogP contribution in [-0.2, 0) is 6.54 Å². The minimum atomic E-state index is -1.13. The maximum Gasteiger partial charge on any atom is 0.358 e. The molecule has 0 radical (unpaired) electrons. The van der Waals surface area contributed by atoms with Crippen molar-refractivity contribution in [2.24, 2.45) is 0 Å². The molecule has 88 valence electrons. The largest absolute Gasteiger partial charge is 0.476 e. The Balaban J connectivity index is 2.22. The summed E-state index contributed by atoms with van der Waals surface area (Å²) in [5.41, 5.74) is 6.53. The number of nitrogen functional groups attached to an aromatic ring is 1. The molecule has 3 N–H and O–H groups in total. The first-order valence-electron chi connectivity index (χ1n) is 4.87. The Kier molecular flexibility index (Phi) is 3.01. The number of rotatable bonds is 3. The first kappa shape index (κ1) is 11.5. The van der Waals surface area contributed by atoms with E-state index in [4.69, 9.17) is 22.4 Å². The zero-order valence-corrected chi connectivity index (χ0v) is 9.55. The van der Waals surface area contributed by atoms with E-state index in [1.165, 1.54) is 10.9 Å². The van der Waals surface area contributed by atoms with Crippen molar-refractivity contribution in [1.29, 1.82) is 0 Å². The van der Waals surface area contributed by atoms with Crippen molar-refractivity contribution in [3.8, 4) is 0 Å². The summed E-state index contributed by atoms with van der Waals surface area (Å²) in [5.74, 6) is -1.13. The van der Waals surface area contributed by atoms with Gasteiger partial charge in [0, 0.05) is 11.2 Å². The van der Waals surface area contributed by atoms with Gasteiger partial charge in [-0.3, -0.25) is 4.68 Å². The maximum atomic E-state index is 10.8. The quantitative estimate of drug-likeness (QED) is 0.873. The number of carboxylic acid groups (broad SMARTS) is 1. The number of hydrogen-bond acceptors (Lipinski definition) is 3. The van der Waals surface area contributed by atoms with Gasteiger partial charge in [0.1, 0.15) is 0 Å². The van der Waals surface area contributed by atoms with Gasteiger partial charge in [0.2, 0.25) is 0 Å². The van der Waals surface area contributed by atoms with Crippen molar-refractivity contribution in [2.45, 2.75) is 6.54 Å². The van der Waals surface area contributed by atoms with Gasteiger partial charge in [0.15, 0.2) is 5.69 Å². The van der Waals surface area contributed by atoms with E-state index < -0.39 is 5.97 Å². The number of carbonyl (C=O) groups is 1. The molecule has 0 aliphatic carbocycles. The monoisotopic (exact) mass is 251 g/mol. The van der Waals surface area contributed by atoms with E-state index in [-0.39, 0.29) is 11.4 Å². The van der Waals surface area contributed by atoms with Crippen LogP contribution in [0, 0.1) is 0 Å². The van der Waals surface area contributed by atoms with E-state index >= 15 is 0 Å². The lowest BCUT2D eigenvalue weighted by atomic mass is 10.2. The topological polar surface area (TPSA) is 81.1 Å². The molecular weight excluding hydrogens is 242 g/mol. The lowest BCUT2D eigenvalue weighted by Crippen LogP contribution is -2.04. The van der Waals surface area contributed by atoms with E-state index in [0.717, 1.165) is 5.56 Å². The highest BCUT2D eigenvalue weighted by atomic mass is 35.5. The van der Waals surface area contributed by atoms with Crippen LogP contribution in [0.2, 0.25) is 5.02 Å². The van der Waals surface area contributed by atoms with Crippen molar-refractivity contribution in [3.05, 3.63) is 46.7 Å². The second kappa shape index (κ2) is 4.47. The highest BCUT2D eigenvalue weighted by Gasteiger charge is 2.12. The number of carboxylic acids is 1. The molecule has 0 amide bonds. The number of nitrogens with two attached hydrogens (primary N) is 1. The Labute approximate surface area is 102 Å². The van der Waals surface area contributed by atoms with Crippen molar-refractivity contribution in [3.63, 3.8) is 0 Å². The third-order valence-electron chi connectivity index (χ3n) is 2.25. The Bertz CT molecular complexity index is 548. The summed E-state index contributed by atoms with van der Waals surface area (Å²) in [6, 6.07) is 7.23. The maximum absolute atomic E-state index is 10.8. The highest BCUT2D eigenvalue weighted by molar-refractivity contribution is 6.30. The predicted molar refractivity (Wildman–Crippen MR) is 64.2 cm³/mol. The Morgan fingerprint density at radius 3 is 2.59 bits per heavy atom. The molecule has 0 spiro atoms. The molecule has 6 heteroatoms. The fraction of sp³-hybridized carbons (Fsp3) is 0.0909. The van der Waals surface area contributed by atoms with Crippen molar-refractivity contribution < 1.29 is 9.90 Å². The number of aromatic nitrogens is 2. The molecule has 0 saturated heterocycles. The van der Waals surface area contributed by atoms with Gasteiger partial charge in [-0.2, -0.15) is 5.10 Å². The Morgan fingerprint density at radius 2 is 2.06 bits per heavy atom. The van der Waals surface area contributed by atoms with Gasteiger partial charge in [0.25, 0.3) is 0 Å². The normalized spacial score (nSPS) is 10.4. The third-order valence-corrected chi connectivity index (χ3v) is 2.50. The molecule has 0 saturated carbocycles. The van der Waals surface area contributed by atoms with Crippen LogP contribution in [0.5, 0.6) is 0 Å². The summed E-state index contributed by atoms with van der Waals surface area (Å²) < 4.78 is 1.49. The minimum Gasteiger partial charge on any atom is -0.476 e. The number of nitrogens with zero attached hydrogens (tertiary/aromatic N) is 2. The van der Waals surface area contributed by atoms with Crippen LogP contribution in [0.4, 0.5) is 5.69 Å². The molecule has 1 heterocycles. The number of halogens is 1. The summed E-state index contributed by atoms with van der Waals surface area (Å²) in [7, 11) is 0. The number of hydrogen-bond donors (Lipinski definition) is 2. The molecule has 0 unspecified atom stereocenters. The number of anilines is 1. The average molecular weight is 252 g/mol. The minimum absolute atomic E-state index is 0.126. The van der Waals surface area contributed by atoms with Gasteiger partial charge in [-0.15, -0.1) is 0 Å². The fourth-order valence-corrected chi connectivity index (χ4v) is 1.59. The Morgan fingerprint density at radius 1 is 1.41 bits per heavy atom. The molecule has 0 bridgehead atoms. The fourth-order valence-electron chi connectivity index (χ4n) is 1.46. The lowest BCUT2D eigenvalue weighted by molar-refractivity contribution is 0.0690. The van der Waals surface area contributed by atoms with Gasteiger partial charge < -0.3 is 10.8 Å². The van der Waals surface area contributed by atoms with Crippen LogP contribution in [0.15, 0.2) is 30.5 Å². The molecule has 2 aromatic rings. The molecule has 0 atom stereocenters. The van der Waals surface area contributed by atoms with Crippen LogP contribution in [0.25, 0.3) is 0 Å². The van der Waals surface area contributed by atoms with Gasteiger partial charge in [-0.05, 0) is 17.7 Å². The molecular formula is C11H10ClN3O2. The molecule has 1 aromatic carbocycles. The summed E-state index contributed by atoms with van der Waals surface area (Å²) >= 11 is 5.77. The molecule has 1 aromatic heterocycles. The third kappa shape index (κ3) is 2.57. The molecule has 17 heavy (non-hydrogen) atoms. The second-order valence-electron chi connectivity index (χ2n) is 3.56. The van der Waals surface area contributed by atoms with Crippen LogP contribution >= 0.6 is 11.6 Å². The van der Waals surface area contributed by atoms with E-state index in [9.17, 15) is 4.79 Å². The van der Waals surface area contributed by atoms with Gasteiger partial charge in [-0.1, -0.05) is 23.7 Å². The number of aromatic carboxylic acids is 1. The summed E-state index contributed by atoms with van der Waals surface area (Å²) in [4.78, 5) is 10.8. The summed E-state index contributed by atoms with van der Waals surface area (Å²) in [5, 5.41) is 13.3. The molecule has 0 aliphatic heterocycles. The molecule has 2 rings (SSSR count). The van der Waals surface area contributed by atoms with E-state index in [2.05, 4.69) is 5.10 Å². The van der Waals surface area contributed by atoms with Gasteiger partial charge in [-0.25, -0.2) is 4.79 Å². The average Bonchev–Trinajstić information content (AvgIpc) is 2.63. The van der Waals surface area contributed by atoms with Crippen LogP contribution in [0.1, 0.15) is 16.1 Å². The Hall–Kier alpha value is -2.01. The van der Waals surface area contributed by atoms with Gasteiger partial charge >= 0.3 is 5.97 Å². The zero-order chi connectivity index (χ0) is 12.4.